The molecule has 0 aliphatic carbocycles. The predicted molar refractivity (Wildman–Crippen MR) is 135 cm³/mol. The molecule has 1 heterocycles. The summed E-state index contributed by atoms with van der Waals surface area (Å²) in [6, 6.07) is 16.7. The predicted octanol–water partition coefficient (Wildman–Crippen LogP) is 3.45. The Morgan fingerprint density at radius 2 is 1.75 bits per heavy atom. The van der Waals surface area contributed by atoms with Gasteiger partial charge >= 0.3 is 0 Å². The highest BCUT2D eigenvalue weighted by Crippen LogP contribution is 2.18. The summed E-state index contributed by atoms with van der Waals surface area (Å²) < 4.78 is 10.7. The summed E-state index contributed by atoms with van der Waals surface area (Å²) in [7, 11) is 1.59. The van der Waals surface area contributed by atoms with Gasteiger partial charge in [0.1, 0.15) is 17.7 Å². The molecule has 3 aromatic rings. The smallest absolute Gasteiger partial charge is 0.251 e. The fourth-order valence-electron chi connectivity index (χ4n) is 2.80. The minimum absolute atomic E-state index is 0. The minimum atomic E-state index is -0.137. The molecule has 1 aromatic heterocycles. The second-order valence-corrected chi connectivity index (χ2v) is 6.62. The Kier molecular flexibility index (Phi) is 10.5. The number of aromatic nitrogens is 1. The van der Waals surface area contributed by atoms with E-state index in [0.29, 0.717) is 42.8 Å². The molecule has 8 nitrogen and oxygen atoms in total. The topological polar surface area (TPSA) is 101 Å². The molecule has 2 aromatic carbocycles. The van der Waals surface area contributed by atoms with Crippen molar-refractivity contribution in [2.45, 2.75) is 13.5 Å². The van der Waals surface area contributed by atoms with Crippen LogP contribution in [-0.4, -0.2) is 43.6 Å². The number of rotatable bonds is 9. The summed E-state index contributed by atoms with van der Waals surface area (Å²) in [6.07, 6.45) is 1.62. The molecule has 0 bridgehead atoms. The van der Waals surface area contributed by atoms with Crippen molar-refractivity contribution in [2.24, 2.45) is 4.99 Å². The number of hydrogen-bond donors (Lipinski definition) is 3. The second kappa shape index (κ2) is 13.4. The van der Waals surface area contributed by atoms with Gasteiger partial charge in [-0.25, -0.2) is 9.98 Å². The van der Waals surface area contributed by atoms with Crippen LogP contribution in [0.2, 0.25) is 0 Å². The lowest BCUT2D eigenvalue weighted by atomic mass is 10.2. The van der Waals surface area contributed by atoms with Crippen LogP contribution in [0.4, 0.5) is 0 Å². The van der Waals surface area contributed by atoms with Crippen LogP contribution in [0.5, 0.6) is 5.75 Å². The molecular formula is C23H28IN5O3. The van der Waals surface area contributed by atoms with Crippen molar-refractivity contribution in [2.75, 3.05) is 26.7 Å². The molecule has 0 unspecified atom stereocenters. The van der Waals surface area contributed by atoms with Gasteiger partial charge in [-0.05, 0) is 43.3 Å². The molecule has 1 amide bonds. The molecule has 0 aliphatic rings. The maximum atomic E-state index is 12.2. The summed E-state index contributed by atoms with van der Waals surface area (Å²) in [6.45, 7) is 4.08. The molecule has 0 atom stereocenters. The molecule has 0 saturated heterocycles. The minimum Gasteiger partial charge on any atom is -0.497 e. The van der Waals surface area contributed by atoms with E-state index in [9.17, 15) is 4.79 Å². The van der Waals surface area contributed by atoms with Crippen LogP contribution in [0, 0.1) is 0 Å². The molecule has 170 valence electrons. The number of guanidine groups is 1. The molecule has 0 spiro atoms. The van der Waals surface area contributed by atoms with Gasteiger partial charge in [-0.2, -0.15) is 0 Å². The number of hydrogen-bond acceptors (Lipinski definition) is 5. The number of carbonyl (C=O) groups excluding carboxylic acids is 1. The first kappa shape index (κ1) is 25.2. The maximum Gasteiger partial charge on any atom is 0.251 e. The molecule has 0 radical (unpaired) electrons. The van der Waals surface area contributed by atoms with E-state index >= 15 is 0 Å². The van der Waals surface area contributed by atoms with Gasteiger partial charge in [0.25, 0.3) is 5.91 Å². The first-order valence-electron chi connectivity index (χ1n) is 10.1. The van der Waals surface area contributed by atoms with Crippen LogP contribution >= 0.6 is 24.0 Å². The number of benzene rings is 2. The molecular weight excluding hydrogens is 521 g/mol. The van der Waals surface area contributed by atoms with Crippen molar-refractivity contribution in [1.29, 1.82) is 0 Å². The van der Waals surface area contributed by atoms with Gasteiger partial charge in [-0.15, -0.1) is 24.0 Å². The van der Waals surface area contributed by atoms with Gasteiger partial charge in [0.05, 0.1) is 13.7 Å². The van der Waals surface area contributed by atoms with Gasteiger partial charge in [-0.1, -0.05) is 18.2 Å². The second-order valence-electron chi connectivity index (χ2n) is 6.62. The van der Waals surface area contributed by atoms with Gasteiger partial charge in [0.15, 0.2) is 5.96 Å². The van der Waals surface area contributed by atoms with E-state index in [1.807, 2.05) is 37.3 Å². The fourth-order valence-corrected chi connectivity index (χ4v) is 2.80. The average Bonchev–Trinajstić information content (AvgIpc) is 3.30. The number of amides is 1. The third kappa shape index (κ3) is 7.56. The van der Waals surface area contributed by atoms with Crippen molar-refractivity contribution in [3.63, 3.8) is 0 Å². The third-order valence-electron chi connectivity index (χ3n) is 4.37. The highest BCUT2D eigenvalue weighted by Gasteiger charge is 2.07. The monoisotopic (exact) mass is 549 g/mol. The SMILES string of the molecule is CCNC(=NCc1coc(-c2ccccc2)n1)NCCNC(=O)c1ccc(OC)cc1.I. The van der Waals surface area contributed by atoms with Crippen molar-refractivity contribution >= 4 is 35.8 Å². The third-order valence-corrected chi connectivity index (χ3v) is 4.37. The molecule has 0 fully saturated rings. The molecule has 3 N–H and O–H groups in total. The molecule has 0 aliphatic heterocycles. The fraction of sp³-hybridized carbons (Fsp3) is 0.261. The Bertz CT molecular complexity index is 990. The normalized spacial score (nSPS) is 10.8. The molecule has 3 rings (SSSR count). The van der Waals surface area contributed by atoms with E-state index < -0.39 is 0 Å². The Labute approximate surface area is 204 Å². The first-order chi connectivity index (χ1) is 15.2. The number of halogens is 1. The van der Waals surface area contributed by atoms with Crippen molar-refractivity contribution in [3.8, 4) is 17.2 Å². The van der Waals surface area contributed by atoms with E-state index in [1.54, 1.807) is 37.6 Å². The van der Waals surface area contributed by atoms with Crippen molar-refractivity contribution < 1.29 is 13.9 Å². The number of methoxy groups -OCH3 is 1. The molecule has 0 saturated carbocycles. The van der Waals surface area contributed by atoms with Crippen LogP contribution in [0.25, 0.3) is 11.5 Å². The van der Waals surface area contributed by atoms with Crippen LogP contribution < -0.4 is 20.7 Å². The van der Waals surface area contributed by atoms with E-state index in [-0.39, 0.29) is 29.9 Å². The standard InChI is InChI=1S/C23H27N5O3.HI/c1-3-24-23(26-14-13-25-21(29)17-9-11-20(30-2)12-10-17)27-15-19-16-31-22(28-19)18-7-5-4-6-8-18;/h4-12,16H,3,13-15H2,1-2H3,(H,25,29)(H2,24,26,27);1H. The lowest BCUT2D eigenvalue weighted by molar-refractivity contribution is 0.0954. The average molecular weight is 549 g/mol. The highest BCUT2D eigenvalue weighted by molar-refractivity contribution is 14.0. The van der Waals surface area contributed by atoms with Gasteiger partial charge in [-0.3, -0.25) is 4.79 Å². The summed E-state index contributed by atoms with van der Waals surface area (Å²) in [5, 5.41) is 9.25. The lowest BCUT2D eigenvalue weighted by Crippen LogP contribution is -2.41. The number of ether oxygens (including phenoxy) is 1. The summed E-state index contributed by atoms with van der Waals surface area (Å²) >= 11 is 0. The quantitative estimate of drug-likeness (QED) is 0.164. The zero-order valence-electron chi connectivity index (χ0n) is 18.1. The number of nitrogens with zero attached hydrogens (tertiary/aromatic N) is 2. The van der Waals surface area contributed by atoms with Crippen LogP contribution in [0.3, 0.4) is 0 Å². The zero-order valence-corrected chi connectivity index (χ0v) is 20.5. The van der Waals surface area contributed by atoms with Crippen LogP contribution in [0.15, 0.2) is 70.3 Å². The number of oxazole rings is 1. The van der Waals surface area contributed by atoms with Crippen LogP contribution in [0.1, 0.15) is 23.0 Å². The lowest BCUT2D eigenvalue weighted by Gasteiger charge is -2.11. The van der Waals surface area contributed by atoms with Crippen molar-refractivity contribution in [3.05, 3.63) is 72.1 Å². The summed E-state index contributed by atoms with van der Waals surface area (Å²) in [5.41, 5.74) is 2.25. The van der Waals surface area contributed by atoms with E-state index in [1.165, 1.54) is 0 Å². The zero-order chi connectivity index (χ0) is 21.9. The molecule has 32 heavy (non-hydrogen) atoms. The Hall–Kier alpha value is -3.08. The highest BCUT2D eigenvalue weighted by atomic mass is 127. The summed E-state index contributed by atoms with van der Waals surface area (Å²) in [4.78, 5) is 21.2. The number of aliphatic imine (C=N–C) groups is 1. The van der Waals surface area contributed by atoms with Gasteiger partial charge in [0, 0.05) is 30.8 Å². The first-order valence-corrected chi connectivity index (χ1v) is 10.1. The van der Waals surface area contributed by atoms with Crippen LogP contribution in [-0.2, 0) is 6.54 Å². The largest absolute Gasteiger partial charge is 0.497 e. The number of carbonyl (C=O) groups is 1. The van der Waals surface area contributed by atoms with E-state index in [2.05, 4.69) is 25.9 Å². The van der Waals surface area contributed by atoms with Gasteiger partial charge in [0.2, 0.25) is 5.89 Å². The molecule has 9 heteroatoms. The summed E-state index contributed by atoms with van der Waals surface area (Å²) in [5.74, 6) is 1.80. The Balaban J connectivity index is 0.00000363. The number of nitrogens with one attached hydrogen (secondary N) is 3. The maximum absolute atomic E-state index is 12.2. The van der Waals surface area contributed by atoms with Gasteiger partial charge < -0.3 is 25.1 Å². The van der Waals surface area contributed by atoms with E-state index in [4.69, 9.17) is 9.15 Å². The Morgan fingerprint density at radius 3 is 2.44 bits per heavy atom. The van der Waals surface area contributed by atoms with Crippen molar-refractivity contribution in [1.82, 2.24) is 20.9 Å². The van der Waals surface area contributed by atoms with E-state index in [0.717, 1.165) is 17.8 Å². The Morgan fingerprint density at radius 1 is 1.03 bits per heavy atom.